The molecule has 17 heavy (non-hydrogen) atoms. The highest BCUT2D eigenvalue weighted by molar-refractivity contribution is 5.57. The Morgan fingerprint density at radius 1 is 1.18 bits per heavy atom. The van der Waals surface area contributed by atoms with Gasteiger partial charge in [0.1, 0.15) is 5.69 Å². The molecule has 3 rings (SSSR count). The Kier molecular flexibility index (Phi) is 2.04. The quantitative estimate of drug-likeness (QED) is 0.684. The molecule has 3 heterocycles. The largest absolute Gasteiger partial charge is 0.397 e. The van der Waals surface area contributed by atoms with Crippen molar-refractivity contribution in [3.63, 3.8) is 0 Å². The molecule has 0 amide bonds. The summed E-state index contributed by atoms with van der Waals surface area (Å²) in [5, 5.41) is 4.41. The first kappa shape index (κ1) is 9.77. The summed E-state index contributed by atoms with van der Waals surface area (Å²) in [6.45, 7) is 1.92. The third kappa shape index (κ3) is 1.52. The van der Waals surface area contributed by atoms with Crippen LogP contribution in [0.2, 0.25) is 0 Å². The molecular weight excluding hydrogens is 214 g/mol. The van der Waals surface area contributed by atoms with Gasteiger partial charge >= 0.3 is 0 Å². The van der Waals surface area contributed by atoms with Crippen molar-refractivity contribution < 1.29 is 0 Å². The van der Waals surface area contributed by atoms with Crippen LogP contribution in [0.1, 0.15) is 5.69 Å². The van der Waals surface area contributed by atoms with Gasteiger partial charge in [0.2, 0.25) is 5.82 Å². The Hall–Kier alpha value is -2.43. The van der Waals surface area contributed by atoms with Gasteiger partial charge in [0.05, 0.1) is 11.4 Å². The van der Waals surface area contributed by atoms with Crippen LogP contribution in [0.25, 0.3) is 17.2 Å². The van der Waals surface area contributed by atoms with Crippen LogP contribution in [0, 0.1) is 6.92 Å². The standard InChI is InChI=1S/C12H11N5/c1-8-9(13)5-6-11-15-12(16-17(8)11)10-4-2-3-7-14-10/h2-7H,13H2,1H3. The molecule has 0 bridgehead atoms. The van der Waals surface area contributed by atoms with E-state index in [-0.39, 0.29) is 0 Å². The molecule has 84 valence electrons. The van der Waals surface area contributed by atoms with E-state index in [4.69, 9.17) is 5.73 Å². The monoisotopic (exact) mass is 225 g/mol. The van der Waals surface area contributed by atoms with Gasteiger partial charge in [0, 0.05) is 6.20 Å². The molecule has 0 aliphatic heterocycles. The van der Waals surface area contributed by atoms with Crippen molar-refractivity contribution in [2.45, 2.75) is 6.92 Å². The smallest absolute Gasteiger partial charge is 0.200 e. The van der Waals surface area contributed by atoms with Gasteiger partial charge in [-0.15, -0.1) is 5.10 Å². The molecule has 5 heteroatoms. The summed E-state index contributed by atoms with van der Waals surface area (Å²) in [6.07, 6.45) is 1.72. The number of anilines is 1. The van der Waals surface area contributed by atoms with Crippen LogP contribution in [0.3, 0.4) is 0 Å². The average Bonchev–Trinajstić information content (AvgIpc) is 2.80. The second kappa shape index (κ2) is 3.55. The van der Waals surface area contributed by atoms with E-state index in [1.54, 1.807) is 10.7 Å². The van der Waals surface area contributed by atoms with Gasteiger partial charge < -0.3 is 5.73 Å². The fraction of sp³-hybridized carbons (Fsp3) is 0.0833. The highest BCUT2D eigenvalue weighted by atomic mass is 15.3. The Bertz CT molecular complexity index is 672. The molecule has 5 nitrogen and oxygen atoms in total. The first-order valence-corrected chi connectivity index (χ1v) is 5.29. The molecule has 0 atom stereocenters. The zero-order valence-electron chi connectivity index (χ0n) is 9.33. The fourth-order valence-corrected chi connectivity index (χ4v) is 1.69. The zero-order chi connectivity index (χ0) is 11.8. The number of aryl methyl sites for hydroxylation is 1. The topological polar surface area (TPSA) is 69.1 Å². The first-order chi connectivity index (χ1) is 8.25. The molecule has 2 N–H and O–H groups in total. The number of hydrogen-bond acceptors (Lipinski definition) is 4. The Balaban J connectivity index is 2.24. The minimum atomic E-state index is 0.610. The highest BCUT2D eigenvalue weighted by Gasteiger charge is 2.09. The summed E-state index contributed by atoms with van der Waals surface area (Å²) < 4.78 is 1.74. The average molecular weight is 225 g/mol. The van der Waals surface area contributed by atoms with E-state index in [0.717, 1.165) is 17.0 Å². The van der Waals surface area contributed by atoms with E-state index in [1.807, 2.05) is 37.3 Å². The van der Waals surface area contributed by atoms with Crippen LogP contribution in [-0.4, -0.2) is 19.6 Å². The third-order valence-electron chi connectivity index (χ3n) is 2.67. The normalized spacial score (nSPS) is 10.9. The van der Waals surface area contributed by atoms with Gasteiger partial charge in [0.15, 0.2) is 5.65 Å². The second-order valence-corrected chi connectivity index (χ2v) is 3.79. The Morgan fingerprint density at radius 2 is 2.06 bits per heavy atom. The van der Waals surface area contributed by atoms with Crippen molar-refractivity contribution >= 4 is 11.3 Å². The summed E-state index contributed by atoms with van der Waals surface area (Å²) in [5.74, 6) is 0.610. The van der Waals surface area contributed by atoms with Crippen LogP contribution < -0.4 is 5.73 Å². The van der Waals surface area contributed by atoms with Crippen LogP contribution in [0.15, 0.2) is 36.5 Å². The Morgan fingerprint density at radius 3 is 2.82 bits per heavy atom. The zero-order valence-corrected chi connectivity index (χ0v) is 9.33. The molecule has 0 aliphatic rings. The maximum absolute atomic E-state index is 5.83. The minimum Gasteiger partial charge on any atom is -0.397 e. The number of nitrogens with zero attached hydrogens (tertiary/aromatic N) is 4. The summed E-state index contributed by atoms with van der Waals surface area (Å²) in [4.78, 5) is 8.65. The van der Waals surface area contributed by atoms with Gasteiger partial charge in [-0.05, 0) is 31.2 Å². The number of aromatic nitrogens is 4. The molecule has 0 radical (unpaired) electrons. The summed E-state index contributed by atoms with van der Waals surface area (Å²) in [6, 6.07) is 9.34. The molecule has 3 aromatic rings. The predicted octanol–water partition coefficient (Wildman–Crippen LogP) is 1.68. The van der Waals surface area contributed by atoms with Gasteiger partial charge in [-0.2, -0.15) is 0 Å². The van der Waals surface area contributed by atoms with Gasteiger partial charge in [0.25, 0.3) is 0 Å². The molecule has 3 aromatic heterocycles. The van der Waals surface area contributed by atoms with E-state index in [0.29, 0.717) is 11.5 Å². The van der Waals surface area contributed by atoms with Gasteiger partial charge in [-0.3, -0.25) is 4.98 Å². The summed E-state index contributed by atoms with van der Waals surface area (Å²) in [5.41, 5.74) is 8.95. The molecule has 0 saturated carbocycles. The number of rotatable bonds is 1. The van der Waals surface area contributed by atoms with Crippen molar-refractivity contribution in [3.05, 3.63) is 42.2 Å². The van der Waals surface area contributed by atoms with Crippen molar-refractivity contribution in [1.29, 1.82) is 0 Å². The first-order valence-electron chi connectivity index (χ1n) is 5.29. The van der Waals surface area contributed by atoms with Crippen LogP contribution in [0.4, 0.5) is 5.69 Å². The molecule has 0 fully saturated rings. The van der Waals surface area contributed by atoms with Crippen LogP contribution in [-0.2, 0) is 0 Å². The fourth-order valence-electron chi connectivity index (χ4n) is 1.69. The number of hydrogen-bond donors (Lipinski definition) is 1. The molecule has 0 aromatic carbocycles. The number of nitrogen functional groups attached to an aromatic ring is 1. The second-order valence-electron chi connectivity index (χ2n) is 3.79. The molecule has 0 unspecified atom stereocenters. The Labute approximate surface area is 97.9 Å². The molecule has 0 saturated heterocycles. The maximum Gasteiger partial charge on any atom is 0.200 e. The molecule has 0 spiro atoms. The van der Waals surface area contributed by atoms with Crippen molar-refractivity contribution in [2.75, 3.05) is 5.73 Å². The van der Waals surface area contributed by atoms with E-state index < -0.39 is 0 Å². The molecular formula is C12H11N5. The predicted molar refractivity (Wildman–Crippen MR) is 65.4 cm³/mol. The SMILES string of the molecule is Cc1c(N)ccc2nc(-c3ccccn3)nn12. The van der Waals surface area contributed by atoms with Gasteiger partial charge in [-0.1, -0.05) is 6.07 Å². The number of fused-ring (bicyclic) bond motifs is 1. The van der Waals surface area contributed by atoms with Crippen LogP contribution in [0.5, 0.6) is 0 Å². The van der Waals surface area contributed by atoms with E-state index in [9.17, 15) is 0 Å². The van der Waals surface area contributed by atoms with Gasteiger partial charge in [-0.25, -0.2) is 9.50 Å². The lowest BCUT2D eigenvalue weighted by Crippen LogP contribution is -1.98. The third-order valence-corrected chi connectivity index (χ3v) is 2.67. The minimum absolute atomic E-state index is 0.610. The van der Waals surface area contributed by atoms with Crippen molar-refractivity contribution in [3.8, 4) is 11.5 Å². The van der Waals surface area contributed by atoms with Crippen molar-refractivity contribution in [1.82, 2.24) is 19.6 Å². The number of pyridine rings is 2. The highest BCUT2D eigenvalue weighted by Crippen LogP contribution is 2.17. The lowest BCUT2D eigenvalue weighted by molar-refractivity contribution is 0.919. The van der Waals surface area contributed by atoms with E-state index >= 15 is 0 Å². The van der Waals surface area contributed by atoms with E-state index in [2.05, 4.69) is 15.1 Å². The lowest BCUT2D eigenvalue weighted by atomic mass is 10.3. The maximum atomic E-state index is 5.83. The summed E-state index contributed by atoms with van der Waals surface area (Å²) in [7, 11) is 0. The van der Waals surface area contributed by atoms with Crippen molar-refractivity contribution in [2.24, 2.45) is 0 Å². The summed E-state index contributed by atoms with van der Waals surface area (Å²) >= 11 is 0. The van der Waals surface area contributed by atoms with Crippen LogP contribution >= 0.6 is 0 Å². The van der Waals surface area contributed by atoms with E-state index in [1.165, 1.54) is 0 Å². The lowest BCUT2D eigenvalue weighted by Gasteiger charge is -2.00. The molecule has 0 aliphatic carbocycles. The number of nitrogens with two attached hydrogens (primary N) is 1.